The van der Waals surface area contributed by atoms with Gasteiger partial charge in [-0.15, -0.1) is 0 Å². The average Bonchev–Trinajstić information content (AvgIpc) is 2.46. The molecule has 0 radical (unpaired) electrons. The Morgan fingerprint density at radius 2 is 1.81 bits per heavy atom. The van der Waals surface area contributed by atoms with E-state index >= 15 is 0 Å². The number of rotatable bonds is 7. The molecule has 2 N–H and O–H groups in total. The SMILES string of the molecule is COCC(=O)N/N=C(\C)CC(=O)Nc1ccc(OC)cc1. The fraction of sp³-hybridized carbons (Fsp3) is 0.357. The van der Waals surface area contributed by atoms with Crippen molar-refractivity contribution in [2.24, 2.45) is 5.10 Å². The fourth-order valence-electron chi connectivity index (χ4n) is 1.47. The Hall–Kier alpha value is -2.41. The first kappa shape index (κ1) is 16.6. The van der Waals surface area contributed by atoms with Gasteiger partial charge in [-0.25, -0.2) is 5.43 Å². The fourth-order valence-corrected chi connectivity index (χ4v) is 1.47. The molecule has 0 aliphatic carbocycles. The molecule has 7 nitrogen and oxygen atoms in total. The highest BCUT2D eigenvalue weighted by molar-refractivity contribution is 6.05. The van der Waals surface area contributed by atoms with Crippen LogP contribution in [0.5, 0.6) is 5.75 Å². The van der Waals surface area contributed by atoms with Crippen molar-refractivity contribution >= 4 is 23.2 Å². The first-order valence-electron chi connectivity index (χ1n) is 6.30. The third-order valence-corrected chi connectivity index (χ3v) is 2.44. The van der Waals surface area contributed by atoms with Crippen molar-refractivity contribution in [2.75, 3.05) is 26.1 Å². The zero-order chi connectivity index (χ0) is 15.7. The summed E-state index contributed by atoms with van der Waals surface area (Å²) in [5, 5.41) is 6.53. The van der Waals surface area contributed by atoms with E-state index in [4.69, 9.17) is 4.74 Å². The summed E-state index contributed by atoms with van der Waals surface area (Å²) in [6.07, 6.45) is 0.0826. The van der Waals surface area contributed by atoms with Gasteiger partial charge in [-0.1, -0.05) is 0 Å². The summed E-state index contributed by atoms with van der Waals surface area (Å²) in [5.74, 6) is 0.126. The van der Waals surface area contributed by atoms with Crippen LogP contribution in [-0.4, -0.2) is 38.4 Å². The van der Waals surface area contributed by atoms with Gasteiger partial charge in [-0.05, 0) is 31.2 Å². The van der Waals surface area contributed by atoms with Crippen LogP contribution in [0.2, 0.25) is 0 Å². The van der Waals surface area contributed by atoms with Gasteiger partial charge in [0.05, 0.1) is 13.5 Å². The van der Waals surface area contributed by atoms with Crippen molar-refractivity contribution in [3.8, 4) is 5.75 Å². The number of nitrogens with zero attached hydrogens (tertiary/aromatic N) is 1. The molecule has 1 aromatic rings. The van der Waals surface area contributed by atoms with Crippen molar-refractivity contribution in [1.29, 1.82) is 0 Å². The first-order chi connectivity index (χ1) is 10.0. The molecule has 0 saturated carbocycles. The van der Waals surface area contributed by atoms with Crippen molar-refractivity contribution in [1.82, 2.24) is 5.43 Å². The van der Waals surface area contributed by atoms with Crippen LogP contribution in [-0.2, 0) is 14.3 Å². The van der Waals surface area contributed by atoms with Crippen molar-refractivity contribution in [3.05, 3.63) is 24.3 Å². The Morgan fingerprint density at radius 1 is 1.14 bits per heavy atom. The minimum atomic E-state index is -0.368. The Labute approximate surface area is 123 Å². The second-order valence-corrected chi connectivity index (χ2v) is 4.27. The maximum Gasteiger partial charge on any atom is 0.266 e. The summed E-state index contributed by atoms with van der Waals surface area (Å²) in [6, 6.07) is 6.98. The van der Waals surface area contributed by atoms with Crippen LogP contribution < -0.4 is 15.5 Å². The van der Waals surface area contributed by atoms with Crippen molar-refractivity contribution in [2.45, 2.75) is 13.3 Å². The van der Waals surface area contributed by atoms with E-state index in [-0.39, 0.29) is 24.8 Å². The Morgan fingerprint density at radius 3 is 2.38 bits per heavy atom. The number of ether oxygens (including phenoxy) is 2. The molecule has 0 fully saturated rings. The normalized spacial score (nSPS) is 10.9. The summed E-state index contributed by atoms with van der Waals surface area (Å²) in [5.41, 5.74) is 3.45. The van der Waals surface area contributed by atoms with Gasteiger partial charge < -0.3 is 14.8 Å². The number of anilines is 1. The van der Waals surface area contributed by atoms with Gasteiger partial charge in [-0.3, -0.25) is 9.59 Å². The van der Waals surface area contributed by atoms with Crippen LogP contribution in [0.4, 0.5) is 5.69 Å². The molecule has 114 valence electrons. The lowest BCUT2D eigenvalue weighted by Crippen LogP contribution is -2.24. The summed E-state index contributed by atoms with van der Waals surface area (Å²) in [6.45, 7) is 1.58. The van der Waals surface area contributed by atoms with Crippen LogP contribution in [0.1, 0.15) is 13.3 Å². The monoisotopic (exact) mass is 293 g/mol. The molecule has 0 spiro atoms. The number of carbonyl (C=O) groups excluding carboxylic acids is 2. The van der Waals surface area contributed by atoms with Gasteiger partial charge >= 0.3 is 0 Å². The van der Waals surface area contributed by atoms with Crippen LogP contribution >= 0.6 is 0 Å². The van der Waals surface area contributed by atoms with Crippen molar-refractivity contribution in [3.63, 3.8) is 0 Å². The molecule has 0 bridgehead atoms. The summed E-state index contributed by atoms with van der Waals surface area (Å²) in [4.78, 5) is 22.9. The van der Waals surface area contributed by atoms with Crippen LogP contribution in [0.15, 0.2) is 29.4 Å². The predicted molar refractivity (Wildman–Crippen MR) is 79.4 cm³/mol. The molecule has 0 aromatic heterocycles. The van der Waals surface area contributed by atoms with E-state index in [1.807, 2.05) is 0 Å². The molecule has 1 rings (SSSR count). The molecular weight excluding hydrogens is 274 g/mol. The molecular formula is C14H19N3O4. The number of amides is 2. The highest BCUT2D eigenvalue weighted by atomic mass is 16.5. The minimum absolute atomic E-state index is 0.0746. The van der Waals surface area contributed by atoms with Gasteiger partial charge in [0.25, 0.3) is 5.91 Å². The van der Waals surface area contributed by atoms with E-state index in [1.165, 1.54) is 7.11 Å². The number of carbonyl (C=O) groups is 2. The number of hydrazone groups is 1. The quantitative estimate of drug-likeness (QED) is 0.583. The van der Waals surface area contributed by atoms with Gasteiger partial charge in [-0.2, -0.15) is 5.10 Å². The number of hydrogen-bond donors (Lipinski definition) is 2. The molecule has 0 saturated heterocycles. The van der Waals surface area contributed by atoms with E-state index in [1.54, 1.807) is 38.3 Å². The van der Waals surface area contributed by atoms with Crippen LogP contribution in [0.3, 0.4) is 0 Å². The van der Waals surface area contributed by atoms with Gasteiger partial charge in [0, 0.05) is 18.5 Å². The lowest BCUT2D eigenvalue weighted by atomic mass is 10.2. The summed E-state index contributed by atoms with van der Waals surface area (Å²) < 4.78 is 9.67. The minimum Gasteiger partial charge on any atom is -0.497 e. The predicted octanol–water partition coefficient (Wildman–Crippen LogP) is 1.16. The zero-order valence-electron chi connectivity index (χ0n) is 12.3. The molecule has 2 amide bonds. The summed E-state index contributed by atoms with van der Waals surface area (Å²) in [7, 11) is 2.99. The van der Waals surface area contributed by atoms with E-state index in [0.29, 0.717) is 17.1 Å². The molecule has 0 heterocycles. The number of methoxy groups -OCH3 is 2. The first-order valence-corrected chi connectivity index (χ1v) is 6.30. The standard InChI is InChI=1S/C14H19N3O4/c1-10(16-17-14(19)9-20-2)8-13(18)15-11-4-6-12(21-3)7-5-11/h4-7H,8-9H2,1-3H3,(H,15,18)(H,17,19)/b16-10+. The van der Waals surface area contributed by atoms with Gasteiger partial charge in [0.1, 0.15) is 12.4 Å². The molecule has 0 aliphatic rings. The Bertz CT molecular complexity index is 511. The van der Waals surface area contributed by atoms with Gasteiger partial charge in [0.2, 0.25) is 5.91 Å². The van der Waals surface area contributed by atoms with Crippen LogP contribution in [0, 0.1) is 0 Å². The van der Waals surface area contributed by atoms with E-state index in [0.717, 1.165) is 0 Å². The topological polar surface area (TPSA) is 89.0 Å². The molecule has 0 aliphatic heterocycles. The van der Waals surface area contributed by atoms with E-state index in [2.05, 4.69) is 20.6 Å². The lowest BCUT2D eigenvalue weighted by molar-refractivity contribution is -0.124. The smallest absolute Gasteiger partial charge is 0.266 e. The van der Waals surface area contributed by atoms with Crippen LogP contribution in [0.25, 0.3) is 0 Å². The maximum atomic E-state index is 11.8. The Kier molecular flexibility index (Phi) is 6.90. The van der Waals surface area contributed by atoms with Crippen molar-refractivity contribution < 1.29 is 19.1 Å². The molecule has 7 heteroatoms. The zero-order valence-corrected chi connectivity index (χ0v) is 12.3. The largest absolute Gasteiger partial charge is 0.497 e. The number of nitrogens with one attached hydrogen (secondary N) is 2. The molecule has 0 atom stereocenters. The highest BCUT2D eigenvalue weighted by Crippen LogP contribution is 2.15. The summed E-state index contributed by atoms with van der Waals surface area (Å²) >= 11 is 0. The Balaban J connectivity index is 2.44. The average molecular weight is 293 g/mol. The number of hydrogen-bond acceptors (Lipinski definition) is 5. The highest BCUT2D eigenvalue weighted by Gasteiger charge is 2.05. The molecule has 1 aromatic carbocycles. The van der Waals surface area contributed by atoms with E-state index < -0.39 is 0 Å². The van der Waals surface area contributed by atoms with Gasteiger partial charge in [0.15, 0.2) is 0 Å². The number of benzene rings is 1. The molecule has 0 unspecified atom stereocenters. The third-order valence-electron chi connectivity index (χ3n) is 2.44. The molecule has 21 heavy (non-hydrogen) atoms. The lowest BCUT2D eigenvalue weighted by Gasteiger charge is -2.06. The second kappa shape index (κ2) is 8.70. The van der Waals surface area contributed by atoms with E-state index in [9.17, 15) is 9.59 Å². The maximum absolute atomic E-state index is 11.8. The third kappa shape index (κ3) is 6.53. The second-order valence-electron chi connectivity index (χ2n) is 4.27.